The molecule has 26 heavy (non-hydrogen) atoms. The Bertz CT molecular complexity index is 749. The molecule has 2 rings (SSSR count). The Balaban J connectivity index is 1.99. The molecule has 0 spiro atoms. The van der Waals surface area contributed by atoms with Crippen molar-refractivity contribution < 1.29 is 19.1 Å². The molecule has 1 amide bonds. The van der Waals surface area contributed by atoms with Gasteiger partial charge in [0.15, 0.2) is 0 Å². The van der Waals surface area contributed by atoms with Crippen LogP contribution in [0.15, 0.2) is 48.5 Å². The minimum atomic E-state index is -0.771. The van der Waals surface area contributed by atoms with Crippen molar-refractivity contribution in [1.29, 1.82) is 0 Å². The molecule has 1 N–H and O–H groups in total. The molecule has 0 bridgehead atoms. The van der Waals surface area contributed by atoms with Gasteiger partial charge in [-0.05, 0) is 29.7 Å². The summed E-state index contributed by atoms with van der Waals surface area (Å²) in [5.74, 6) is -0.147. The first-order chi connectivity index (χ1) is 12.5. The fourth-order valence-corrected chi connectivity index (χ4v) is 2.86. The van der Waals surface area contributed by atoms with E-state index in [1.807, 2.05) is 30.3 Å². The van der Waals surface area contributed by atoms with Gasteiger partial charge in [-0.15, -0.1) is 0 Å². The Hall–Kier alpha value is -2.53. The van der Waals surface area contributed by atoms with E-state index in [0.29, 0.717) is 23.6 Å². The number of rotatable bonds is 8. The average molecular weight is 376 g/mol. The molecule has 0 aromatic heterocycles. The molecular weight excluding hydrogens is 354 g/mol. The van der Waals surface area contributed by atoms with Gasteiger partial charge in [0.25, 0.3) is 0 Å². The van der Waals surface area contributed by atoms with Gasteiger partial charge in [-0.3, -0.25) is 4.79 Å². The van der Waals surface area contributed by atoms with E-state index < -0.39 is 12.0 Å². The summed E-state index contributed by atoms with van der Waals surface area (Å²) in [5, 5.41) is 3.19. The number of carbonyl (C=O) groups is 2. The summed E-state index contributed by atoms with van der Waals surface area (Å²) in [6.45, 7) is 0. The molecule has 0 saturated carbocycles. The smallest absolute Gasteiger partial charge is 0.328 e. The van der Waals surface area contributed by atoms with Crippen molar-refractivity contribution >= 4 is 23.5 Å². The van der Waals surface area contributed by atoms with Crippen LogP contribution in [0.4, 0.5) is 0 Å². The molecule has 0 unspecified atom stereocenters. The van der Waals surface area contributed by atoms with Crippen LogP contribution >= 0.6 is 11.6 Å². The van der Waals surface area contributed by atoms with E-state index >= 15 is 0 Å². The number of ether oxygens (including phenoxy) is 2. The quantitative estimate of drug-likeness (QED) is 0.720. The standard InChI is InChI=1S/C20H22ClNO4/c1-25-18-10-8-15(12-16(18)21)13-17(20(24)26-2)22-19(23)11-9-14-6-4-3-5-7-14/h3-8,10,12,17H,9,11,13H2,1-2H3,(H,22,23)/t17-/m0/s1. The molecular formula is C20H22ClNO4. The van der Waals surface area contributed by atoms with Crippen LogP contribution < -0.4 is 10.1 Å². The van der Waals surface area contributed by atoms with Gasteiger partial charge in [0.05, 0.1) is 19.2 Å². The van der Waals surface area contributed by atoms with Crippen molar-refractivity contribution in [2.24, 2.45) is 0 Å². The lowest BCUT2D eigenvalue weighted by Crippen LogP contribution is -2.43. The second kappa shape index (κ2) is 9.82. The molecule has 5 nitrogen and oxygen atoms in total. The summed E-state index contributed by atoms with van der Waals surface area (Å²) in [4.78, 5) is 24.3. The molecule has 0 heterocycles. The third-order valence-corrected chi connectivity index (χ3v) is 4.26. The van der Waals surface area contributed by atoms with Crippen molar-refractivity contribution in [1.82, 2.24) is 5.32 Å². The summed E-state index contributed by atoms with van der Waals surface area (Å²) in [5.41, 5.74) is 1.87. The molecule has 1 atom stereocenters. The predicted octanol–water partition coefficient (Wildman–Crippen LogP) is 3.18. The topological polar surface area (TPSA) is 64.6 Å². The molecule has 0 aliphatic heterocycles. The highest BCUT2D eigenvalue weighted by Crippen LogP contribution is 2.25. The van der Waals surface area contributed by atoms with Gasteiger partial charge in [-0.25, -0.2) is 4.79 Å². The maximum absolute atomic E-state index is 12.2. The van der Waals surface area contributed by atoms with E-state index in [2.05, 4.69) is 5.32 Å². The van der Waals surface area contributed by atoms with Gasteiger partial charge in [0.1, 0.15) is 11.8 Å². The lowest BCUT2D eigenvalue weighted by molar-refractivity contribution is -0.145. The number of halogens is 1. The Morgan fingerprint density at radius 1 is 1.08 bits per heavy atom. The van der Waals surface area contributed by atoms with Crippen LogP contribution in [0.5, 0.6) is 5.75 Å². The zero-order valence-corrected chi connectivity index (χ0v) is 15.6. The first kappa shape index (κ1) is 19.8. The van der Waals surface area contributed by atoms with Crippen molar-refractivity contribution in [2.45, 2.75) is 25.3 Å². The van der Waals surface area contributed by atoms with Crippen LogP contribution in [0.2, 0.25) is 5.02 Å². The highest BCUT2D eigenvalue weighted by atomic mass is 35.5. The summed E-state index contributed by atoms with van der Waals surface area (Å²) >= 11 is 6.12. The number of amides is 1. The van der Waals surface area contributed by atoms with Crippen molar-refractivity contribution in [3.63, 3.8) is 0 Å². The summed E-state index contributed by atoms with van der Waals surface area (Å²) in [7, 11) is 2.83. The zero-order valence-electron chi connectivity index (χ0n) is 14.8. The second-order valence-corrected chi connectivity index (χ2v) is 6.21. The van der Waals surface area contributed by atoms with Gasteiger partial charge < -0.3 is 14.8 Å². The van der Waals surface area contributed by atoms with E-state index in [-0.39, 0.29) is 12.3 Å². The third kappa shape index (κ3) is 5.77. The zero-order chi connectivity index (χ0) is 18.9. The first-order valence-electron chi connectivity index (χ1n) is 8.27. The second-order valence-electron chi connectivity index (χ2n) is 5.80. The molecule has 2 aromatic rings. The molecule has 138 valence electrons. The summed E-state index contributed by atoms with van der Waals surface area (Å²) in [6, 6.07) is 14.2. The van der Waals surface area contributed by atoms with E-state index in [1.54, 1.807) is 18.2 Å². The molecule has 0 aliphatic carbocycles. The molecule has 0 saturated heterocycles. The summed E-state index contributed by atoms with van der Waals surface area (Å²) < 4.78 is 9.93. The lowest BCUT2D eigenvalue weighted by Gasteiger charge is -2.17. The van der Waals surface area contributed by atoms with E-state index in [1.165, 1.54) is 14.2 Å². The SMILES string of the molecule is COC(=O)[C@H](Cc1ccc(OC)c(Cl)c1)NC(=O)CCc1ccccc1. The Morgan fingerprint density at radius 3 is 2.42 bits per heavy atom. The monoisotopic (exact) mass is 375 g/mol. The molecule has 0 aliphatic rings. The number of carbonyl (C=O) groups excluding carboxylic acids is 2. The van der Waals surface area contributed by atoms with Gasteiger partial charge in [0, 0.05) is 12.8 Å². The van der Waals surface area contributed by atoms with Gasteiger partial charge in [0.2, 0.25) is 5.91 Å². The van der Waals surface area contributed by atoms with Crippen molar-refractivity contribution in [3.8, 4) is 5.75 Å². The van der Waals surface area contributed by atoms with E-state index in [4.69, 9.17) is 21.1 Å². The Morgan fingerprint density at radius 2 is 1.81 bits per heavy atom. The highest BCUT2D eigenvalue weighted by molar-refractivity contribution is 6.32. The molecule has 6 heteroatoms. The van der Waals surface area contributed by atoms with Gasteiger partial charge >= 0.3 is 5.97 Å². The van der Waals surface area contributed by atoms with Crippen LogP contribution in [0.1, 0.15) is 17.5 Å². The fraction of sp³-hybridized carbons (Fsp3) is 0.300. The van der Waals surface area contributed by atoms with E-state index in [0.717, 1.165) is 11.1 Å². The normalized spacial score (nSPS) is 11.5. The van der Waals surface area contributed by atoms with Crippen LogP contribution in [0, 0.1) is 0 Å². The largest absolute Gasteiger partial charge is 0.495 e. The summed E-state index contributed by atoms with van der Waals surface area (Å²) in [6.07, 6.45) is 1.18. The third-order valence-electron chi connectivity index (χ3n) is 3.96. The predicted molar refractivity (Wildman–Crippen MR) is 100 cm³/mol. The first-order valence-corrected chi connectivity index (χ1v) is 8.64. The minimum absolute atomic E-state index is 0.205. The number of nitrogens with one attached hydrogen (secondary N) is 1. The maximum Gasteiger partial charge on any atom is 0.328 e. The van der Waals surface area contributed by atoms with Crippen LogP contribution in [-0.4, -0.2) is 32.1 Å². The van der Waals surface area contributed by atoms with Crippen LogP contribution in [-0.2, 0) is 27.2 Å². The lowest BCUT2D eigenvalue weighted by atomic mass is 10.0. The van der Waals surface area contributed by atoms with Crippen molar-refractivity contribution in [3.05, 3.63) is 64.7 Å². The molecule has 0 fully saturated rings. The Labute approximate surface area is 158 Å². The average Bonchev–Trinajstić information content (AvgIpc) is 2.66. The number of hydrogen-bond donors (Lipinski definition) is 1. The van der Waals surface area contributed by atoms with Crippen molar-refractivity contribution in [2.75, 3.05) is 14.2 Å². The van der Waals surface area contributed by atoms with Gasteiger partial charge in [-0.2, -0.15) is 0 Å². The number of aryl methyl sites for hydroxylation is 1. The van der Waals surface area contributed by atoms with Crippen LogP contribution in [0.3, 0.4) is 0 Å². The Kier molecular flexibility index (Phi) is 7.48. The maximum atomic E-state index is 12.2. The van der Waals surface area contributed by atoms with E-state index in [9.17, 15) is 9.59 Å². The number of benzene rings is 2. The minimum Gasteiger partial charge on any atom is -0.495 e. The number of esters is 1. The fourth-order valence-electron chi connectivity index (χ4n) is 2.58. The molecule has 2 aromatic carbocycles. The number of methoxy groups -OCH3 is 2. The number of hydrogen-bond acceptors (Lipinski definition) is 4. The van der Waals surface area contributed by atoms with Crippen LogP contribution in [0.25, 0.3) is 0 Å². The van der Waals surface area contributed by atoms with Gasteiger partial charge in [-0.1, -0.05) is 48.0 Å². The highest BCUT2D eigenvalue weighted by Gasteiger charge is 2.22. The molecule has 0 radical (unpaired) electrons.